The molecule has 0 bridgehead atoms. The van der Waals surface area contributed by atoms with Crippen LogP contribution in [0.25, 0.3) is 11.3 Å². The lowest BCUT2D eigenvalue weighted by molar-refractivity contribution is -0.123. The standard InChI is InChI=1S/C31H32ClFN6O4/c1-31(30(35)41)14-43-27-21(31)11-22(39-26(27)19-7-8-36-28(33)24(19)32)20(15-3-4-15)13-38-29(40)16-9-17(12-37-18-5-6-18)25(34)23(10-16)42-2/h7-12,15,18,20H,3-6,13-14,34H2,1-2H3,(H2,35,41)(H,38,40)/t20-,31-/m0/s1. The second-order valence-corrected chi connectivity index (χ2v) is 11.9. The number of carbonyl (C=O) groups excluding carboxylic acids is 2. The Bertz CT molecular complexity index is 1660. The average Bonchev–Trinajstić information content (AvgIpc) is 3.93. The number of amides is 2. The number of aliphatic imine (C=N–C) groups is 1. The molecule has 2 amide bonds. The third-order valence-electron chi connectivity index (χ3n) is 8.42. The summed E-state index contributed by atoms with van der Waals surface area (Å²) in [7, 11) is 1.50. The Morgan fingerprint density at radius 1 is 1.30 bits per heavy atom. The predicted octanol–water partition coefficient (Wildman–Crippen LogP) is 4.17. The average molecular weight is 607 g/mol. The molecule has 2 aliphatic carbocycles. The van der Waals surface area contributed by atoms with Gasteiger partial charge in [-0.15, -0.1) is 0 Å². The van der Waals surface area contributed by atoms with E-state index in [-0.39, 0.29) is 41.5 Å². The molecule has 43 heavy (non-hydrogen) atoms. The van der Waals surface area contributed by atoms with E-state index in [0.29, 0.717) is 51.3 Å². The lowest BCUT2D eigenvalue weighted by Crippen LogP contribution is -2.40. The number of nitrogens with one attached hydrogen (secondary N) is 1. The van der Waals surface area contributed by atoms with Gasteiger partial charge in [0, 0.05) is 52.8 Å². The summed E-state index contributed by atoms with van der Waals surface area (Å²) in [6.45, 7) is 1.98. The maximum Gasteiger partial charge on any atom is 0.251 e. The minimum Gasteiger partial charge on any atom is -0.495 e. The summed E-state index contributed by atoms with van der Waals surface area (Å²) in [5.74, 6) is -0.962. The normalized spacial score (nSPS) is 20.0. The molecular weight excluding hydrogens is 575 g/mol. The molecule has 3 heterocycles. The molecule has 224 valence electrons. The van der Waals surface area contributed by atoms with E-state index in [1.54, 1.807) is 31.3 Å². The zero-order valence-electron chi connectivity index (χ0n) is 23.8. The van der Waals surface area contributed by atoms with Gasteiger partial charge in [-0.2, -0.15) is 4.39 Å². The van der Waals surface area contributed by atoms with Crippen molar-refractivity contribution in [2.75, 3.05) is 26.0 Å². The maximum atomic E-state index is 14.4. The summed E-state index contributed by atoms with van der Waals surface area (Å²) in [6, 6.07) is 6.97. The number of hydrogen-bond donors (Lipinski definition) is 3. The smallest absolute Gasteiger partial charge is 0.251 e. The van der Waals surface area contributed by atoms with Crippen LogP contribution in [0.3, 0.4) is 0 Å². The maximum absolute atomic E-state index is 14.4. The number of nitrogens with two attached hydrogens (primary N) is 2. The number of anilines is 1. The van der Waals surface area contributed by atoms with Gasteiger partial charge in [0.05, 0.1) is 18.8 Å². The van der Waals surface area contributed by atoms with Crippen molar-refractivity contribution in [2.24, 2.45) is 16.6 Å². The molecule has 2 aromatic heterocycles. The Morgan fingerprint density at radius 3 is 2.74 bits per heavy atom. The first-order valence-corrected chi connectivity index (χ1v) is 14.6. The van der Waals surface area contributed by atoms with Crippen LogP contribution in [-0.2, 0) is 10.2 Å². The van der Waals surface area contributed by atoms with Crippen molar-refractivity contribution >= 4 is 35.3 Å². The van der Waals surface area contributed by atoms with Gasteiger partial charge in [-0.25, -0.2) is 9.97 Å². The van der Waals surface area contributed by atoms with Gasteiger partial charge >= 0.3 is 0 Å². The number of primary amides is 1. The van der Waals surface area contributed by atoms with Gasteiger partial charge in [0.1, 0.15) is 34.2 Å². The summed E-state index contributed by atoms with van der Waals surface area (Å²) < 4.78 is 25.8. The first kappa shape index (κ1) is 28.9. The SMILES string of the molecule is COc1cc(C(=O)NC[C@H](c2cc3c(c(-c4ccnc(F)c4Cl)n2)OC[C@]3(C)C(N)=O)C2CC2)cc(C=NC2CC2)c1N. The van der Waals surface area contributed by atoms with E-state index in [1.807, 2.05) is 6.07 Å². The van der Waals surface area contributed by atoms with Gasteiger partial charge in [-0.05, 0) is 62.8 Å². The van der Waals surface area contributed by atoms with Crippen LogP contribution in [0.5, 0.6) is 11.5 Å². The Morgan fingerprint density at radius 2 is 2.07 bits per heavy atom. The summed E-state index contributed by atoms with van der Waals surface area (Å²) in [4.78, 5) is 39.0. The second-order valence-electron chi connectivity index (χ2n) is 11.6. The third kappa shape index (κ3) is 5.49. The molecule has 10 nitrogen and oxygen atoms in total. The number of ether oxygens (including phenoxy) is 2. The first-order chi connectivity index (χ1) is 20.6. The zero-order chi connectivity index (χ0) is 30.5. The number of hydrogen-bond acceptors (Lipinski definition) is 8. The highest BCUT2D eigenvalue weighted by Crippen LogP contribution is 2.49. The predicted molar refractivity (Wildman–Crippen MR) is 160 cm³/mol. The van der Waals surface area contributed by atoms with Crippen molar-refractivity contribution in [2.45, 2.75) is 50.0 Å². The molecule has 5 N–H and O–H groups in total. The van der Waals surface area contributed by atoms with Crippen LogP contribution in [-0.4, -0.2) is 54.3 Å². The van der Waals surface area contributed by atoms with Gasteiger partial charge in [-0.3, -0.25) is 14.6 Å². The monoisotopic (exact) mass is 606 g/mol. The van der Waals surface area contributed by atoms with Crippen molar-refractivity contribution < 1.29 is 23.5 Å². The van der Waals surface area contributed by atoms with E-state index >= 15 is 0 Å². The van der Waals surface area contributed by atoms with Crippen molar-refractivity contribution in [1.29, 1.82) is 0 Å². The molecule has 3 aliphatic rings. The fourth-order valence-corrected chi connectivity index (χ4v) is 5.56. The minimum atomic E-state index is -1.13. The van der Waals surface area contributed by atoms with Gasteiger partial charge in [-0.1, -0.05) is 11.6 Å². The number of halogens is 2. The second kappa shape index (κ2) is 11.1. The number of methoxy groups -OCH3 is 1. The van der Waals surface area contributed by atoms with E-state index < -0.39 is 17.3 Å². The van der Waals surface area contributed by atoms with Gasteiger partial charge < -0.3 is 26.3 Å². The van der Waals surface area contributed by atoms with Crippen molar-refractivity contribution in [3.05, 3.63) is 63.8 Å². The molecule has 6 rings (SSSR count). The Balaban J connectivity index is 1.34. The van der Waals surface area contributed by atoms with E-state index in [4.69, 9.17) is 37.5 Å². The van der Waals surface area contributed by atoms with E-state index in [9.17, 15) is 14.0 Å². The molecule has 1 aromatic carbocycles. The molecule has 0 unspecified atom stereocenters. The van der Waals surface area contributed by atoms with E-state index in [0.717, 1.165) is 25.7 Å². The van der Waals surface area contributed by atoms with Crippen LogP contribution in [0.4, 0.5) is 10.1 Å². The van der Waals surface area contributed by atoms with Crippen molar-refractivity contribution in [3.8, 4) is 22.8 Å². The van der Waals surface area contributed by atoms with E-state index in [1.165, 1.54) is 13.3 Å². The summed E-state index contributed by atoms with van der Waals surface area (Å²) in [6.07, 6.45) is 6.97. The van der Waals surface area contributed by atoms with Crippen LogP contribution in [0.2, 0.25) is 5.02 Å². The zero-order valence-corrected chi connectivity index (χ0v) is 24.6. The number of rotatable bonds is 10. The van der Waals surface area contributed by atoms with Crippen molar-refractivity contribution in [3.63, 3.8) is 0 Å². The number of fused-ring (bicyclic) bond motifs is 1. The highest BCUT2D eigenvalue weighted by Gasteiger charge is 2.45. The molecule has 3 aromatic rings. The fourth-order valence-electron chi connectivity index (χ4n) is 5.36. The largest absolute Gasteiger partial charge is 0.495 e. The highest BCUT2D eigenvalue weighted by atomic mass is 35.5. The molecular formula is C31H32ClFN6O4. The van der Waals surface area contributed by atoms with Crippen molar-refractivity contribution in [1.82, 2.24) is 15.3 Å². The summed E-state index contributed by atoms with van der Waals surface area (Å²) in [5.41, 5.74) is 14.1. The molecule has 2 fully saturated rings. The molecule has 2 saturated carbocycles. The van der Waals surface area contributed by atoms with E-state index in [2.05, 4.69) is 15.3 Å². The molecule has 1 aliphatic heterocycles. The summed E-state index contributed by atoms with van der Waals surface area (Å²) >= 11 is 6.32. The van der Waals surface area contributed by atoms with Gasteiger partial charge in [0.15, 0.2) is 0 Å². The van der Waals surface area contributed by atoms with Crippen LogP contribution in [0, 0.1) is 11.9 Å². The Hall–Kier alpha value is -4.25. The quantitative estimate of drug-likeness (QED) is 0.178. The number of pyridine rings is 2. The molecule has 0 saturated heterocycles. The Kier molecular flexibility index (Phi) is 7.45. The van der Waals surface area contributed by atoms with Gasteiger partial charge in [0.25, 0.3) is 5.91 Å². The number of carbonyl (C=O) groups is 2. The van der Waals surface area contributed by atoms with Crippen LogP contribution < -0.4 is 26.3 Å². The number of benzene rings is 1. The molecule has 2 atom stereocenters. The molecule has 0 radical (unpaired) electrons. The lowest BCUT2D eigenvalue weighted by Gasteiger charge is -2.22. The molecule has 12 heteroatoms. The minimum absolute atomic E-state index is 0.0111. The number of nitrogen functional groups attached to an aromatic ring is 1. The highest BCUT2D eigenvalue weighted by molar-refractivity contribution is 6.33. The third-order valence-corrected chi connectivity index (χ3v) is 8.78. The van der Waals surface area contributed by atoms with Crippen LogP contribution in [0.15, 0.2) is 35.5 Å². The topological polar surface area (TPSA) is 155 Å². The number of aromatic nitrogens is 2. The van der Waals surface area contributed by atoms with Crippen LogP contribution in [0.1, 0.15) is 65.7 Å². The first-order valence-electron chi connectivity index (χ1n) is 14.2. The lowest BCUT2D eigenvalue weighted by atomic mass is 9.82. The fraction of sp³-hybridized carbons (Fsp3) is 0.387. The number of nitrogens with zero attached hydrogens (tertiary/aromatic N) is 3. The summed E-state index contributed by atoms with van der Waals surface area (Å²) in [5, 5.41) is 2.84. The van der Waals surface area contributed by atoms with Gasteiger partial charge in [0.2, 0.25) is 11.9 Å². The molecule has 0 spiro atoms. The van der Waals surface area contributed by atoms with Crippen LogP contribution >= 0.6 is 11.6 Å². The Labute approximate surface area is 253 Å².